The molecule has 0 spiro atoms. The topological polar surface area (TPSA) is 59.8 Å². The van der Waals surface area contributed by atoms with Gasteiger partial charge in [0.15, 0.2) is 5.76 Å². The Morgan fingerprint density at radius 1 is 1.17 bits per heavy atom. The molecule has 1 aliphatic heterocycles. The molecule has 1 aromatic carbocycles. The Balaban J connectivity index is 1.68. The lowest BCUT2D eigenvalue weighted by Crippen LogP contribution is -2.40. The largest absolute Gasteiger partial charge is 0.455 e. The van der Waals surface area contributed by atoms with Crippen LogP contribution in [0.15, 0.2) is 45.7 Å². The van der Waals surface area contributed by atoms with Crippen LogP contribution in [0.4, 0.5) is 0 Å². The van der Waals surface area contributed by atoms with Crippen LogP contribution in [-0.4, -0.2) is 41.3 Å². The van der Waals surface area contributed by atoms with Crippen molar-refractivity contribution in [3.63, 3.8) is 0 Å². The van der Waals surface area contributed by atoms with E-state index in [4.69, 9.17) is 20.8 Å². The second kappa shape index (κ2) is 7.29. The van der Waals surface area contributed by atoms with Crippen molar-refractivity contribution in [2.45, 2.75) is 10.6 Å². The average molecular weight is 354 g/mol. The summed E-state index contributed by atoms with van der Waals surface area (Å²) >= 11 is 6.05. The predicted molar refractivity (Wildman–Crippen MR) is 87.0 cm³/mol. The van der Waals surface area contributed by atoms with E-state index in [1.807, 2.05) is 0 Å². The quantitative estimate of drug-likeness (QED) is 0.848. The lowest BCUT2D eigenvalue weighted by Gasteiger charge is -2.25. The molecule has 0 radical (unpaired) electrons. The van der Waals surface area contributed by atoms with Crippen LogP contribution in [0.1, 0.15) is 16.3 Å². The van der Waals surface area contributed by atoms with E-state index in [0.717, 1.165) is 0 Å². The van der Waals surface area contributed by atoms with Crippen molar-refractivity contribution in [3.8, 4) is 0 Å². The SMILES string of the molecule is O=C(c1ccc(C[S@@](=O)c2ccccc2Cl)o1)N1CCOCC1. The molecule has 0 saturated carbocycles. The van der Waals surface area contributed by atoms with Gasteiger partial charge in [0.2, 0.25) is 0 Å². The van der Waals surface area contributed by atoms with E-state index in [2.05, 4.69) is 0 Å². The fraction of sp³-hybridized carbons (Fsp3) is 0.312. The van der Waals surface area contributed by atoms with Gasteiger partial charge < -0.3 is 14.1 Å². The third kappa shape index (κ3) is 3.83. The van der Waals surface area contributed by atoms with Gasteiger partial charge in [0.25, 0.3) is 5.91 Å². The van der Waals surface area contributed by atoms with Gasteiger partial charge in [0.1, 0.15) is 5.76 Å². The Bertz CT molecular complexity index is 724. The molecule has 1 aromatic heterocycles. The molecule has 7 heteroatoms. The summed E-state index contributed by atoms with van der Waals surface area (Å²) in [7, 11) is -1.32. The van der Waals surface area contributed by atoms with E-state index in [1.54, 1.807) is 41.3 Å². The van der Waals surface area contributed by atoms with Crippen molar-refractivity contribution in [1.29, 1.82) is 0 Å². The van der Waals surface area contributed by atoms with Crippen LogP contribution in [-0.2, 0) is 21.3 Å². The van der Waals surface area contributed by atoms with Crippen LogP contribution < -0.4 is 0 Å². The third-order valence-corrected chi connectivity index (χ3v) is 5.36. The van der Waals surface area contributed by atoms with Crippen LogP contribution >= 0.6 is 11.6 Å². The minimum absolute atomic E-state index is 0.164. The van der Waals surface area contributed by atoms with Crippen molar-refractivity contribution >= 4 is 28.3 Å². The summed E-state index contributed by atoms with van der Waals surface area (Å²) in [5, 5.41) is 0.460. The molecular weight excluding hydrogens is 338 g/mol. The van der Waals surface area contributed by atoms with E-state index < -0.39 is 10.8 Å². The average Bonchev–Trinajstić information content (AvgIpc) is 3.03. The first-order chi connectivity index (χ1) is 11.1. The highest BCUT2D eigenvalue weighted by Gasteiger charge is 2.22. The molecule has 122 valence electrons. The minimum Gasteiger partial charge on any atom is -0.455 e. The molecule has 0 bridgehead atoms. The number of carbonyl (C=O) groups excluding carboxylic acids is 1. The number of benzene rings is 1. The Kier molecular flexibility index (Phi) is 5.15. The standard InChI is InChI=1S/C16H16ClNO4S/c17-13-3-1-2-4-15(13)23(20)11-12-5-6-14(22-12)16(19)18-7-9-21-10-8-18/h1-6H,7-11H2/t23-/m1/s1. The van der Waals surface area contributed by atoms with Gasteiger partial charge in [-0.05, 0) is 24.3 Å². The van der Waals surface area contributed by atoms with Gasteiger partial charge in [-0.25, -0.2) is 0 Å². The van der Waals surface area contributed by atoms with Gasteiger partial charge in [-0.15, -0.1) is 0 Å². The monoisotopic (exact) mass is 353 g/mol. The van der Waals surface area contributed by atoms with E-state index >= 15 is 0 Å². The predicted octanol–water partition coefficient (Wildman–Crippen LogP) is 2.71. The first-order valence-electron chi connectivity index (χ1n) is 7.24. The number of ether oxygens (including phenoxy) is 1. The van der Waals surface area contributed by atoms with Gasteiger partial charge in [-0.3, -0.25) is 9.00 Å². The summed E-state index contributed by atoms with van der Waals surface area (Å²) < 4.78 is 23.2. The van der Waals surface area contributed by atoms with Crippen LogP contribution in [0.25, 0.3) is 0 Å². The summed E-state index contributed by atoms with van der Waals surface area (Å²) in [6.45, 7) is 2.19. The van der Waals surface area contributed by atoms with E-state index in [-0.39, 0.29) is 17.4 Å². The number of hydrogen-bond acceptors (Lipinski definition) is 4. The number of furan rings is 1. The molecule has 2 heterocycles. The van der Waals surface area contributed by atoms with Crippen LogP contribution in [0.5, 0.6) is 0 Å². The lowest BCUT2D eigenvalue weighted by atomic mass is 10.3. The summed E-state index contributed by atoms with van der Waals surface area (Å²) in [4.78, 5) is 14.6. The zero-order chi connectivity index (χ0) is 16.2. The fourth-order valence-corrected chi connectivity index (χ4v) is 3.81. The first kappa shape index (κ1) is 16.2. The zero-order valence-electron chi connectivity index (χ0n) is 12.4. The van der Waals surface area contributed by atoms with Crippen LogP contribution in [0.2, 0.25) is 5.02 Å². The molecule has 1 saturated heterocycles. The molecular formula is C16H16ClNO4S. The van der Waals surface area contributed by atoms with Crippen LogP contribution in [0, 0.1) is 0 Å². The van der Waals surface area contributed by atoms with Gasteiger partial charge in [-0.2, -0.15) is 0 Å². The molecule has 0 unspecified atom stereocenters. The molecule has 23 heavy (non-hydrogen) atoms. The Hall–Kier alpha value is -1.63. The summed E-state index contributed by atoms with van der Waals surface area (Å²) in [6, 6.07) is 10.3. The molecule has 0 N–H and O–H groups in total. The number of amides is 1. The maximum Gasteiger partial charge on any atom is 0.289 e. The Morgan fingerprint density at radius 3 is 2.65 bits per heavy atom. The van der Waals surface area contributed by atoms with Gasteiger partial charge in [0, 0.05) is 13.1 Å². The van der Waals surface area contributed by atoms with Gasteiger partial charge >= 0.3 is 0 Å². The number of nitrogens with zero attached hydrogens (tertiary/aromatic N) is 1. The van der Waals surface area contributed by atoms with E-state index in [1.165, 1.54) is 0 Å². The summed E-state index contributed by atoms with van der Waals surface area (Å²) in [5.74, 6) is 0.779. The number of morpholine rings is 1. The van der Waals surface area contributed by atoms with Crippen molar-refractivity contribution in [1.82, 2.24) is 4.90 Å². The number of halogens is 1. The fourth-order valence-electron chi connectivity index (χ4n) is 2.33. The molecule has 1 atom stereocenters. The first-order valence-corrected chi connectivity index (χ1v) is 8.93. The highest BCUT2D eigenvalue weighted by atomic mass is 35.5. The molecule has 1 amide bonds. The lowest BCUT2D eigenvalue weighted by molar-refractivity contribution is 0.0282. The smallest absolute Gasteiger partial charge is 0.289 e. The summed E-state index contributed by atoms with van der Waals surface area (Å²) in [6.07, 6.45) is 0. The van der Waals surface area contributed by atoms with Crippen molar-refractivity contribution in [2.75, 3.05) is 26.3 Å². The molecule has 2 aromatic rings. The number of rotatable bonds is 4. The molecule has 0 aliphatic carbocycles. The summed E-state index contributed by atoms with van der Waals surface area (Å²) in [5.41, 5.74) is 0. The maximum atomic E-state index is 12.4. The molecule has 1 aliphatic rings. The maximum absolute atomic E-state index is 12.4. The van der Waals surface area contributed by atoms with Crippen molar-refractivity contribution in [3.05, 3.63) is 52.9 Å². The highest BCUT2D eigenvalue weighted by molar-refractivity contribution is 7.84. The van der Waals surface area contributed by atoms with Gasteiger partial charge in [-0.1, -0.05) is 23.7 Å². The third-order valence-electron chi connectivity index (χ3n) is 3.53. The molecule has 1 fully saturated rings. The second-order valence-electron chi connectivity index (χ2n) is 5.09. The normalized spacial score (nSPS) is 16.3. The van der Waals surface area contributed by atoms with E-state index in [0.29, 0.717) is 42.0 Å². The highest BCUT2D eigenvalue weighted by Crippen LogP contribution is 2.22. The Morgan fingerprint density at radius 2 is 1.91 bits per heavy atom. The van der Waals surface area contributed by atoms with E-state index in [9.17, 15) is 9.00 Å². The second-order valence-corrected chi connectivity index (χ2v) is 6.92. The molecule has 5 nitrogen and oxygen atoms in total. The Labute approximate surface area is 141 Å². The number of carbonyl (C=O) groups is 1. The zero-order valence-corrected chi connectivity index (χ0v) is 13.9. The van der Waals surface area contributed by atoms with Crippen molar-refractivity contribution < 1.29 is 18.2 Å². The molecule has 3 rings (SSSR count). The minimum atomic E-state index is -1.32. The van der Waals surface area contributed by atoms with Crippen molar-refractivity contribution in [2.24, 2.45) is 0 Å². The van der Waals surface area contributed by atoms with Crippen LogP contribution in [0.3, 0.4) is 0 Å². The van der Waals surface area contributed by atoms with Gasteiger partial charge in [0.05, 0.1) is 39.7 Å². The number of hydrogen-bond donors (Lipinski definition) is 0.